The van der Waals surface area contributed by atoms with Gasteiger partial charge in [-0.2, -0.15) is 5.10 Å². The molecule has 0 aliphatic rings. The average molecular weight is 438 g/mol. The topological polar surface area (TPSA) is 81.8 Å². The van der Waals surface area contributed by atoms with E-state index in [1.807, 2.05) is 30.5 Å². The Morgan fingerprint density at radius 1 is 1.16 bits per heavy atom. The Morgan fingerprint density at radius 2 is 1.90 bits per heavy atom. The zero-order chi connectivity index (χ0) is 22.0. The number of aromatic nitrogens is 4. The number of hydrogen-bond acceptors (Lipinski definition) is 5. The molecule has 0 spiro atoms. The van der Waals surface area contributed by atoms with E-state index in [9.17, 15) is 14.0 Å². The molecule has 7 nitrogen and oxygen atoms in total. The van der Waals surface area contributed by atoms with Crippen LogP contribution in [0.5, 0.6) is 0 Å². The number of nitrogens with one attached hydrogen (secondary N) is 1. The third kappa shape index (κ3) is 4.22. The van der Waals surface area contributed by atoms with Crippen LogP contribution in [0.4, 0.5) is 10.1 Å². The number of rotatable bonds is 6. The molecule has 0 saturated heterocycles. The van der Waals surface area contributed by atoms with Gasteiger partial charge in [0.05, 0.1) is 17.6 Å². The molecule has 9 heteroatoms. The zero-order valence-corrected chi connectivity index (χ0v) is 17.8. The minimum atomic E-state index is -0.356. The minimum Gasteiger partial charge on any atom is -0.325 e. The number of anilines is 1. The average Bonchev–Trinajstić information content (AvgIpc) is 3.18. The molecule has 1 amide bonds. The first kappa shape index (κ1) is 20.8. The van der Waals surface area contributed by atoms with Crippen molar-refractivity contribution in [2.24, 2.45) is 0 Å². The normalized spacial score (nSPS) is 11.1. The number of halogens is 1. The van der Waals surface area contributed by atoms with Gasteiger partial charge in [0.15, 0.2) is 5.65 Å². The molecule has 0 fully saturated rings. The summed E-state index contributed by atoms with van der Waals surface area (Å²) < 4.78 is 16.2. The molecule has 0 saturated carbocycles. The van der Waals surface area contributed by atoms with Gasteiger partial charge in [-0.05, 0) is 49.6 Å². The Labute approximate surface area is 181 Å². The van der Waals surface area contributed by atoms with Crippen LogP contribution in [0.3, 0.4) is 0 Å². The van der Waals surface area contributed by atoms with Crippen LogP contribution in [-0.2, 0) is 11.3 Å². The molecule has 2 aromatic carbocycles. The molecule has 0 aliphatic heterocycles. The van der Waals surface area contributed by atoms with Crippen molar-refractivity contribution in [1.82, 2.24) is 19.3 Å². The maximum absolute atomic E-state index is 13.2. The summed E-state index contributed by atoms with van der Waals surface area (Å²) in [5.41, 5.74) is 1.47. The van der Waals surface area contributed by atoms with Gasteiger partial charge in [-0.25, -0.2) is 14.1 Å². The van der Waals surface area contributed by atoms with Crippen LogP contribution in [0.2, 0.25) is 0 Å². The molecule has 0 atom stereocenters. The first-order valence-electron chi connectivity index (χ1n) is 9.62. The fourth-order valence-electron chi connectivity index (χ4n) is 3.31. The second-order valence-electron chi connectivity index (χ2n) is 6.88. The zero-order valence-electron chi connectivity index (χ0n) is 17.0. The molecule has 0 radical (unpaired) electrons. The summed E-state index contributed by atoms with van der Waals surface area (Å²) >= 11 is 1.55. The number of hydrogen-bond donors (Lipinski definition) is 1. The van der Waals surface area contributed by atoms with Crippen molar-refractivity contribution in [3.05, 3.63) is 76.7 Å². The van der Waals surface area contributed by atoms with Gasteiger partial charge in [-0.3, -0.25) is 14.2 Å². The molecule has 0 unspecified atom stereocenters. The highest BCUT2D eigenvalue weighted by Crippen LogP contribution is 2.24. The maximum atomic E-state index is 13.2. The second-order valence-corrected chi connectivity index (χ2v) is 7.73. The minimum absolute atomic E-state index is 0.128. The fourth-order valence-corrected chi connectivity index (χ4v) is 3.87. The van der Waals surface area contributed by atoms with Gasteiger partial charge in [0, 0.05) is 17.9 Å². The Morgan fingerprint density at radius 3 is 2.65 bits per heavy atom. The molecule has 0 aliphatic carbocycles. The van der Waals surface area contributed by atoms with Crippen LogP contribution in [0.15, 0.2) is 64.4 Å². The molecule has 2 aromatic heterocycles. The lowest BCUT2D eigenvalue weighted by Gasteiger charge is -2.12. The monoisotopic (exact) mass is 437 g/mol. The quantitative estimate of drug-likeness (QED) is 0.464. The second kappa shape index (κ2) is 8.73. The number of carbonyl (C=O) groups is 1. The summed E-state index contributed by atoms with van der Waals surface area (Å²) in [6.07, 6.45) is 3.52. The number of para-hydroxylation sites is 1. The molecule has 1 N–H and O–H groups in total. The number of carbonyl (C=O) groups excluding carboxylic acids is 1. The van der Waals surface area contributed by atoms with E-state index in [2.05, 4.69) is 15.4 Å². The van der Waals surface area contributed by atoms with Gasteiger partial charge in [0.2, 0.25) is 5.91 Å². The summed E-state index contributed by atoms with van der Waals surface area (Å²) in [7, 11) is 0. The lowest BCUT2D eigenvalue weighted by atomic mass is 10.3. The van der Waals surface area contributed by atoms with Crippen molar-refractivity contribution in [1.29, 1.82) is 0 Å². The van der Waals surface area contributed by atoms with E-state index >= 15 is 0 Å². The van der Waals surface area contributed by atoms with E-state index in [1.54, 1.807) is 30.8 Å². The summed E-state index contributed by atoms with van der Waals surface area (Å²) in [5, 5.41) is 7.48. The van der Waals surface area contributed by atoms with E-state index in [0.29, 0.717) is 22.5 Å². The van der Waals surface area contributed by atoms with Crippen molar-refractivity contribution >= 4 is 34.4 Å². The largest absolute Gasteiger partial charge is 0.325 e. The molecular weight excluding hydrogens is 417 g/mol. The van der Waals surface area contributed by atoms with E-state index < -0.39 is 0 Å². The van der Waals surface area contributed by atoms with Crippen molar-refractivity contribution in [2.75, 3.05) is 11.6 Å². The predicted molar refractivity (Wildman–Crippen MR) is 119 cm³/mol. The Balaban J connectivity index is 1.57. The molecule has 4 aromatic rings. The van der Waals surface area contributed by atoms with Crippen LogP contribution >= 0.6 is 11.8 Å². The van der Waals surface area contributed by atoms with Crippen LogP contribution in [0, 0.1) is 12.7 Å². The molecule has 0 bridgehead atoms. The number of thioether (sulfide) groups is 1. The van der Waals surface area contributed by atoms with E-state index in [4.69, 9.17) is 0 Å². The number of amides is 1. The van der Waals surface area contributed by atoms with E-state index in [1.165, 1.54) is 27.6 Å². The van der Waals surface area contributed by atoms with Crippen molar-refractivity contribution in [2.45, 2.75) is 24.8 Å². The van der Waals surface area contributed by atoms with Gasteiger partial charge in [-0.15, -0.1) is 11.8 Å². The molecule has 31 heavy (non-hydrogen) atoms. The van der Waals surface area contributed by atoms with Gasteiger partial charge in [0.1, 0.15) is 17.0 Å². The first-order chi connectivity index (χ1) is 15.0. The third-order valence-corrected chi connectivity index (χ3v) is 5.69. The summed E-state index contributed by atoms with van der Waals surface area (Å²) in [4.78, 5) is 30.9. The Bertz CT molecular complexity index is 1310. The molecule has 158 valence electrons. The first-order valence-corrected chi connectivity index (χ1v) is 10.8. The van der Waals surface area contributed by atoms with Crippen molar-refractivity contribution in [3.63, 3.8) is 0 Å². The van der Waals surface area contributed by atoms with Crippen LogP contribution in [0.1, 0.15) is 12.2 Å². The number of nitrogens with zero attached hydrogens (tertiary/aromatic N) is 4. The van der Waals surface area contributed by atoms with Crippen LogP contribution < -0.4 is 10.9 Å². The van der Waals surface area contributed by atoms with Gasteiger partial charge in [0.25, 0.3) is 5.56 Å². The van der Waals surface area contributed by atoms with Crippen molar-refractivity contribution in [3.8, 4) is 5.69 Å². The highest BCUT2D eigenvalue weighted by Gasteiger charge is 2.15. The van der Waals surface area contributed by atoms with Crippen LogP contribution in [0.25, 0.3) is 16.7 Å². The summed E-state index contributed by atoms with van der Waals surface area (Å²) in [5.74, 6) is -0.0706. The third-order valence-electron chi connectivity index (χ3n) is 4.89. The highest BCUT2D eigenvalue weighted by molar-refractivity contribution is 7.98. The van der Waals surface area contributed by atoms with Crippen molar-refractivity contribution < 1.29 is 9.18 Å². The van der Waals surface area contributed by atoms with Crippen LogP contribution in [-0.4, -0.2) is 31.5 Å². The Kier molecular flexibility index (Phi) is 5.85. The molecule has 4 rings (SSSR count). The van der Waals surface area contributed by atoms with Gasteiger partial charge >= 0.3 is 0 Å². The fraction of sp³-hybridized carbons (Fsp3) is 0.182. The number of aryl methyl sites for hydroxylation is 1. The summed E-state index contributed by atoms with van der Waals surface area (Å²) in [6, 6.07) is 13.3. The summed E-state index contributed by atoms with van der Waals surface area (Å²) in [6.45, 7) is 1.91. The van der Waals surface area contributed by atoms with Gasteiger partial charge < -0.3 is 5.32 Å². The lowest BCUT2D eigenvalue weighted by Crippen LogP contribution is -2.26. The SMILES string of the molecule is CSc1ccccc1NC(=O)CCn1c(C)nc2c(cnn2-c2ccc(F)cc2)c1=O. The predicted octanol–water partition coefficient (Wildman–Crippen LogP) is 3.78. The standard InChI is InChI=1S/C22H20FN5O2S/c1-14-25-21-17(13-24-28(21)16-9-7-15(23)8-10-16)22(30)27(14)12-11-20(29)26-18-5-3-4-6-19(18)31-2/h3-10,13H,11-12H2,1-2H3,(H,26,29). The molecular formula is C22H20FN5O2S. The highest BCUT2D eigenvalue weighted by atomic mass is 32.2. The maximum Gasteiger partial charge on any atom is 0.264 e. The molecule has 2 heterocycles. The van der Waals surface area contributed by atoms with Gasteiger partial charge in [-0.1, -0.05) is 12.1 Å². The number of benzene rings is 2. The number of fused-ring (bicyclic) bond motifs is 1. The van der Waals surface area contributed by atoms with E-state index in [-0.39, 0.29) is 30.2 Å². The van der Waals surface area contributed by atoms with E-state index in [0.717, 1.165) is 10.6 Å². The smallest absolute Gasteiger partial charge is 0.264 e. The Hall–Kier alpha value is -3.46. The lowest BCUT2D eigenvalue weighted by molar-refractivity contribution is -0.116.